The summed E-state index contributed by atoms with van der Waals surface area (Å²) in [4.78, 5) is 17.5. The Labute approximate surface area is 126 Å². The highest BCUT2D eigenvalue weighted by Crippen LogP contribution is 2.10. The van der Waals surface area contributed by atoms with Gasteiger partial charge in [-0.05, 0) is 44.5 Å². The van der Waals surface area contributed by atoms with Gasteiger partial charge in [0.15, 0.2) is 0 Å². The first-order valence-corrected chi connectivity index (χ1v) is 8.23. The maximum Gasteiger partial charge on any atom is 0.234 e. The SMILES string of the molecule is CCN(CC)CCCNC(=O)CN(C)Cc1cccs1. The van der Waals surface area contributed by atoms with Crippen LogP contribution in [0.4, 0.5) is 0 Å². The van der Waals surface area contributed by atoms with Crippen molar-refractivity contribution >= 4 is 17.2 Å². The van der Waals surface area contributed by atoms with E-state index in [-0.39, 0.29) is 5.91 Å². The molecule has 1 amide bonds. The van der Waals surface area contributed by atoms with Crippen molar-refractivity contribution in [2.75, 3.05) is 39.8 Å². The molecular weight excluding hydrogens is 270 g/mol. The van der Waals surface area contributed by atoms with E-state index in [1.807, 2.05) is 18.0 Å². The molecule has 1 heterocycles. The lowest BCUT2D eigenvalue weighted by atomic mass is 10.3. The van der Waals surface area contributed by atoms with Crippen LogP contribution in [0.5, 0.6) is 0 Å². The molecular formula is C15H27N3OS. The second-order valence-corrected chi connectivity index (χ2v) is 6.01. The maximum absolute atomic E-state index is 11.8. The van der Waals surface area contributed by atoms with Crippen molar-refractivity contribution in [3.63, 3.8) is 0 Å². The summed E-state index contributed by atoms with van der Waals surface area (Å²) in [6.45, 7) is 9.61. The number of carbonyl (C=O) groups excluding carboxylic acids is 1. The predicted octanol–water partition coefficient (Wildman–Crippen LogP) is 2.03. The van der Waals surface area contributed by atoms with Crippen LogP contribution in [0.3, 0.4) is 0 Å². The molecule has 0 atom stereocenters. The lowest BCUT2D eigenvalue weighted by Gasteiger charge is -2.18. The zero-order chi connectivity index (χ0) is 14.8. The van der Waals surface area contributed by atoms with E-state index in [4.69, 9.17) is 0 Å². The predicted molar refractivity (Wildman–Crippen MR) is 86.1 cm³/mol. The quantitative estimate of drug-likeness (QED) is 0.671. The second-order valence-electron chi connectivity index (χ2n) is 4.98. The van der Waals surface area contributed by atoms with Crippen LogP contribution in [-0.2, 0) is 11.3 Å². The van der Waals surface area contributed by atoms with E-state index in [1.54, 1.807) is 11.3 Å². The molecule has 0 saturated carbocycles. The van der Waals surface area contributed by atoms with Gasteiger partial charge < -0.3 is 10.2 Å². The smallest absolute Gasteiger partial charge is 0.234 e. The maximum atomic E-state index is 11.8. The van der Waals surface area contributed by atoms with E-state index in [0.29, 0.717) is 6.54 Å². The van der Waals surface area contributed by atoms with Gasteiger partial charge in [0.2, 0.25) is 5.91 Å². The monoisotopic (exact) mass is 297 g/mol. The molecule has 0 aliphatic heterocycles. The third-order valence-electron chi connectivity index (χ3n) is 3.29. The van der Waals surface area contributed by atoms with Gasteiger partial charge in [0.1, 0.15) is 0 Å². The number of nitrogens with zero attached hydrogens (tertiary/aromatic N) is 2. The fourth-order valence-electron chi connectivity index (χ4n) is 2.10. The van der Waals surface area contributed by atoms with Crippen LogP contribution in [-0.4, -0.2) is 55.5 Å². The van der Waals surface area contributed by atoms with Crippen molar-refractivity contribution in [2.45, 2.75) is 26.8 Å². The Morgan fingerprint density at radius 3 is 2.70 bits per heavy atom. The summed E-state index contributed by atoms with van der Waals surface area (Å²) < 4.78 is 0. The first-order chi connectivity index (χ1) is 9.65. The fourth-order valence-corrected chi connectivity index (χ4v) is 2.88. The first kappa shape index (κ1) is 17.1. The molecule has 5 heteroatoms. The molecule has 0 spiro atoms. The van der Waals surface area contributed by atoms with Crippen LogP contribution in [0, 0.1) is 0 Å². The Kier molecular flexibility index (Phi) is 8.49. The highest BCUT2D eigenvalue weighted by atomic mass is 32.1. The average molecular weight is 297 g/mol. The Morgan fingerprint density at radius 1 is 1.35 bits per heavy atom. The number of thiophene rings is 1. The largest absolute Gasteiger partial charge is 0.355 e. The summed E-state index contributed by atoms with van der Waals surface area (Å²) in [5.41, 5.74) is 0. The normalized spacial score (nSPS) is 11.2. The van der Waals surface area contributed by atoms with E-state index in [0.717, 1.165) is 39.1 Å². The van der Waals surface area contributed by atoms with Gasteiger partial charge in [-0.1, -0.05) is 19.9 Å². The number of rotatable bonds is 10. The number of hydrogen-bond acceptors (Lipinski definition) is 4. The van der Waals surface area contributed by atoms with E-state index in [2.05, 4.69) is 35.5 Å². The molecule has 0 aromatic carbocycles. The molecule has 1 aromatic heterocycles. The molecule has 0 unspecified atom stereocenters. The zero-order valence-corrected chi connectivity index (χ0v) is 13.7. The molecule has 20 heavy (non-hydrogen) atoms. The summed E-state index contributed by atoms with van der Waals surface area (Å²) in [7, 11) is 1.98. The number of carbonyl (C=O) groups is 1. The Morgan fingerprint density at radius 2 is 2.10 bits per heavy atom. The summed E-state index contributed by atoms with van der Waals surface area (Å²) in [5.74, 6) is 0.114. The Bertz CT molecular complexity index is 363. The molecule has 4 nitrogen and oxygen atoms in total. The van der Waals surface area contributed by atoms with Crippen molar-refractivity contribution in [1.29, 1.82) is 0 Å². The zero-order valence-electron chi connectivity index (χ0n) is 12.9. The van der Waals surface area contributed by atoms with Gasteiger partial charge >= 0.3 is 0 Å². The van der Waals surface area contributed by atoms with Crippen LogP contribution in [0.1, 0.15) is 25.1 Å². The highest BCUT2D eigenvalue weighted by molar-refractivity contribution is 7.09. The Balaban J connectivity index is 2.10. The van der Waals surface area contributed by atoms with Crippen molar-refractivity contribution in [3.8, 4) is 0 Å². The number of likely N-dealkylation sites (N-methyl/N-ethyl adjacent to an activating group) is 1. The van der Waals surface area contributed by atoms with Gasteiger partial charge in [0.25, 0.3) is 0 Å². The molecule has 0 aliphatic rings. The summed E-state index contributed by atoms with van der Waals surface area (Å²) in [5, 5.41) is 5.06. The minimum Gasteiger partial charge on any atom is -0.355 e. The topological polar surface area (TPSA) is 35.6 Å². The van der Waals surface area contributed by atoms with Crippen molar-refractivity contribution < 1.29 is 4.79 Å². The van der Waals surface area contributed by atoms with Crippen molar-refractivity contribution in [1.82, 2.24) is 15.1 Å². The highest BCUT2D eigenvalue weighted by Gasteiger charge is 2.07. The van der Waals surface area contributed by atoms with Gasteiger partial charge in [-0.2, -0.15) is 0 Å². The van der Waals surface area contributed by atoms with E-state index in [1.165, 1.54) is 4.88 Å². The second kappa shape index (κ2) is 9.91. The van der Waals surface area contributed by atoms with Crippen LogP contribution in [0.25, 0.3) is 0 Å². The average Bonchev–Trinajstić information content (AvgIpc) is 2.91. The van der Waals surface area contributed by atoms with Crippen molar-refractivity contribution in [2.24, 2.45) is 0 Å². The van der Waals surface area contributed by atoms with Gasteiger partial charge in [-0.15, -0.1) is 11.3 Å². The minimum atomic E-state index is 0.114. The number of hydrogen-bond donors (Lipinski definition) is 1. The Hall–Kier alpha value is -0.910. The minimum absolute atomic E-state index is 0.114. The molecule has 0 bridgehead atoms. The van der Waals surface area contributed by atoms with Crippen molar-refractivity contribution in [3.05, 3.63) is 22.4 Å². The molecule has 1 rings (SSSR count). The number of nitrogens with one attached hydrogen (secondary N) is 1. The summed E-state index contributed by atoms with van der Waals surface area (Å²) >= 11 is 1.73. The van der Waals surface area contributed by atoms with E-state index >= 15 is 0 Å². The van der Waals surface area contributed by atoms with Crippen LogP contribution < -0.4 is 5.32 Å². The van der Waals surface area contributed by atoms with Gasteiger partial charge in [0.05, 0.1) is 6.54 Å². The summed E-state index contributed by atoms with van der Waals surface area (Å²) in [6, 6.07) is 4.14. The molecule has 0 aliphatic carbocycles. The summed E-state index contributed by atoms with van der Waals surface area (Å²) in [6.07, 6.45) is 1.02. The lowest BCUT2D eigenvalue weighted by Crippen LogP contribution is -2.36. The van der Waals surface area contributed by atoms with Gasteiger partial charge in [-0.3, -0.25) is 9.69 Å². The molecule has 0 saturated heterocycles. The van der Waals surface area contributed by atoms with E-state index < -0.39 is 0 Å². The molecule has 0 fully saturated rings. The number of amides is 1. The molecule has 114 valence electrons. The van der Waals surface area contributed by atoms with Gasteiger partial charge in [0, 0.05) is 18.0 Å². The third kappa shape index (κ3) is 7.03. The van der Waals surface area contributed by atoms with E-state index in [9.17, 15) is 4.79 Å². The van der Waals surface area contributed by atoms with Crippen LogP contribution in [0.15, 0.2) is 17.5 Å². The molecule has 0 radical (unpaired) electrons. The first-order valence-electron chi connectivity index (χ1n) is 7.35. The lowest BCUT2D eigenvalue weighted by molar-refractivity contribution is -0.122. The van der Waals surface area contributed by atoms with Crippen LogP contribution in [0.2, 0.25) is 0 Å². The van der Waals surface area contributed by atoms with Gasteiger partial charge in [-0.25, -0.2) is 0 Å². The standard InChI is InChI=1S/C15H27N3OS/c1-4-18(5-2)10-7-9-16-15(19)13-17(3)12-14-8-6-11-20-14/h6,8,11H,4-5,7,9-10,12-13H2,1-3H3,(H,16,19). The fraction of sp³-hybridized carbons (Fsp3) is 0.667. The molecule has 1 N–H and O–H groups in total. The third-order valence-corrected chi connectivity index (χ3v) is 4.15. The molecule has 1 aromatic rings. The van der Waals surface area contributed by atoms with Crippen LogP contribution >= 0.6 is 11.3 Å².